The van der Waals surface area contributed by atoms with Gasteiger partial charge in [0.05, 0.1) is 23.7 Å². The number of hydrogen-bond acceptors (Lipinski definition) is 5. The van der Waals surface area contributed by atoms with Crippen LogP contribution >= 0.6 is 0 Å². The number of esters is 1. The highest BCUT2D eigenvalue weighted by Gasteiger charge is 2.30. The van der Waals surface area contributed by atoms with Crippen LogP contribution in [-0.4, -0.2) is 18.0 Å². The number of ether oxygens (including phenoxy) is 2. The number of carbonyl (C=O) groups is 2. The molecule has 2 aromatic carbocycles. The fourth-order valence-corrected chi connectivity index (χ4v) is 2.28. The molecule has 0 saturated carbocycles. The number of carbonyl (C=O) groups excluding carboxylic acids is 2. The van der Waals surface area contributed by atoms with Crippen LogP contribution in [0.1, 0.15) is 17.5 Å². The van der Waals surface area contributed by atoms with Crippen LogP contribution in [0.25, 0.3) is 0 Å². The highest BCUT2D eigenvalue weighted by molar-refractivity contribution is 5.99. The van der Waals surface area contributed by atoms with Gasteiger partial charge in [-0.2, -0.15) is 5.26 Å². The van der Waals surface area contributed by atoms with Gasteiger partial charge in [-0.25, -0.2) is 0 Å². The van der Waals surface area contributed by atoms with Crippen LogP contribution in [0.2, 0.25) is 0 Å². The molecule has 0 spiro atoms. The van der Waals surface area contributed by atoms with Crippen molar-refractivity contribution in [3.8, 4) is 11.8 Å². The highest BCUT2D eigenvalue weighted by Crippen LogP contribution is 2.29. The first kappa shape index (κ1) is 15.6. The molecule has 6 nitrogen and oxygen atoms in total. The number of amides is 1. The molecule has 120 valence electrons. The molecular formula is C18H14N2O4. The molecule has 2 aromatic rings. The Kier molecular flexibility index (Phi) is 4.43. The molecule has 0 fully saturated rings. The highest BCUT2D eigenvalue weighted by atomic mass is 16.5. The summed E-state index contributed by atoms with van der Waals surface area (Å²) in [6.45, 7) is 0.0788. The lowest BCUT2D eigenvalue weighted by Crippen LogP contribution is -2.38. The number of nitrogens with one attached hydrogen (secondary N) is 1. The van der Waals surface area contributed by atoms with Gasteiger partial charge in [-0.05, 0) is 29.8 Å². The van der Waals surface area contributed by atoms with E-state index in [9.17, 15) is 9.59 Å². The molecule has 1 aliphatic rings. The topological polar surface area (TPSA) is 88.4 Å². The van der Waals surface area contributed by atoms with E-state index in [1.54, 1.807) is 48.5 Å². The van der Waals surface area contributed by atoms with Crippen molar-refractivity contribution in [1.82, 2.24) is 0 Å². The minimum Gasteiger partial charge on any atom is -0.478 e. The second-order valence-corrected chi connectivity index (χ2v) is 5.27. The van der Waals surface area contributed by atoms with E-state index in [-0.39, 0.29) is 18.9 Å². The summed E-state index contributed by atoms with van der Waals surface area (Å²) >= 11 is 0. The molecule has 0 unspecified atom stereocenters. The smallest absolute Gasteiger partial charge is 0.310 e. The van der Waals surface area contributed by atoms with E-state index in [0.29, 0.717) is 17.0 Å². The van der Waals surface area contributed by atoms with Gasteiger partial charge >= 0.3 is 5.97 Å². The Labute approximate surface area is 138 Å². The lowest BCUT2D eigenvalue weighted by Gasteiger charge is -2.25. The number of para-hydroxylation sites is 2. The average molecular weight is 322 g/mol. The molecule has 6 heteroatoms. The third-order valence-corrected chi connectivity index (χ3v) is 3.54. The van der Waals surface area contributed by atoms with Crippen molar-refractivity contribution in [3.05, 3.63) is 59.7 Å². The Morgan fingerprint density at radius 3 is 2.71 bits per heavy atom. The Balaban J connectivity index is 1.55. The van der Waals surface area contributed by atoms with Gasteiger partial charge in [0.1, 0.15) is 12.4 Å². The van der Waals surface area contributed by atoms with Crippen molar-refractivity contribution >= 4 is 17.6 Å². The van der Waals surface area contributed by atoms with Crippen LogP contribution in [0.4, 0.5) is 5.69 Å². The van der Waals surface area contributed by atoms with Gasteiger partial charge in [0.2, 0.25) is 0 Å². The number of benzene rings is 2. The quantitative estimate of drug-likeness (QED) is 0.873. The Bertz CT molecular complexity index is 809. The fourth-order valence-electron chi connectivity index (χ4n) is 2.28. The maximum atomic E-state index is 12.0. The van der Waals surface area contributed by atoms with Gasteiger partial charge in [-0.1, -0.05) is 24.3 Å². The van der Waals surface area contributed by atoms with E-state index in [2.05, 4.69) is 5.32 Å². The summed E-state index contributed by atoms with van der Waals surface area (Å²) in [5.41, 5.74) is 1.89. The molecule has 1 atom stereocenters. The molecule has 1 heterocycles. The molecule has 24 heavy (non-hydrogen) atoms. The summed E-state index contributed by atoms with van der Waals surface area (Å²) in [4.78, 5) is 23.9. The van der Waals surface area contributed by atoms with Crippen LogP contribution in [0, 0.1) is 11.3 Å². The molecule has 0 radical (unpaired) electrons. The number of rotatable bonds is 4. The fraction of sp³-hybridized carbons (Fsp3) is 0.167. The molecule has 3 rings (SSSR count). The maximum Gasteiger partial charge on any atom is 0.310 e. The van der Waals surface area contributed by atoms with Crippen LogP contribution in [0.3, 0.4) is 0 Å². The minimum atomic E-state index is -0.909. The van der Waals surface area contributed by atoms with Crippen LogP contribution in [-0.2, 0) is 20.9 Å². The van der Waals surface area contributed by atoms with Crippen LogP contribution < -0.4 is 10.1 Å². The van der Waals surface area contributed by atoms with Crippen molar-refractivity contribution in [2.24, 2.45) is 0 Å². The molecular weight excluding hydrogens is 308 g/mol. The Morgan fingerprint density at radius 2 is 1.96 bits per heavy atom. The summed E-state index contributed by atoms with van der Waals surface area (Å²) in [6.07, 6.45) is -1.08. The lowest BCUT2D eigenvalue weighted by molar-refractivity contribution is -0.149. The number of anilines is 1. The summed E-state index contributed by atoms with van der Waals surface area (Å²) in [7, 11) is 0. The van der Waals surface area contributed by atoms with E-state index in [1.807, 2.05) is 6.07 Å². The summed E-state index contributed by atoms with van der Waals surface area (Å²) in [5, 5.41) is 11.4. The SMILES string of the molecule is N#Cc1ccc(COC(=O)C[C@H]2Oc3ccccc3NC2=O)cc1. The van der Waals surface area contributed by atoms with Gasteiger partial charge in [0, 0.05) is 0 Å². The summed E-state index contributed by atoms with van der Waals surface area (Å²) in [6, 6.07) is 15.8. The van der Waals surface area contributed by atoms with Gasteiger partial charge in [0.25, 0.3) is 5.91 Å². The van der Waals surface area contributed by atoms with Crippen molar-refractivity contribution < 1.29 is 19.1 Å². The standard InChI is InChI=1S/C18H14N2O4/c19-10-12-5-7-13(8-6-12)11-23-17(21)9-16-18(22)20-14-3-1-2-4-15(14)24-16/h1-8,16H,9,11H2,(H,20,22)/t16-/m1/s1. The van der Waals surface area contributed by atoms with Crippen molar-refractivity contribution in [2.75, 3.05) is 5.32 Å². The lowest BCUT2D eigenvalue weighted by atomic mass is 10.1. The van der Waals surface area contributed by atoms with E-state index < -0.39 is 12.1 Å². The second kappa shape index (κ2) is 6.84. The average Bonchev–Trinajstić information content (AvgIpc) is 2.61. The molecule has 1 amide bonds. The second-order valence-electron chi connectivity index (χ2n) is 5.27. The maximum absolute atomic E-state index is 12.0. The number of nitrogens with zero attached hydrogens (tertiary/aromatic N) is 1. The van der Waals surface area contributed by atoms with Crippen molar-refractivity contribution in [1.29, 1.82) is 5.26 Å². The molecule has 0 saturated heterocycles. The van der Waals surface area contributed by atoms with Gasteiger partial charge < -0.3 is 14.8 Å². The normalized spacial score (nSPS) is 15.5. The van der Waals surface area contributed by atoms with E-state index >= 15 is 0 Å². The van der Waals surface area contributed by atoms with Gasteiger partial charge in [0.15, 0.2) is 6.10 Å². The zero-order valence-electron chi connectivity index (χ0n) is 12.7. The number of nitriles is 1. The largest absolute Gasteiger partial charge is 0.478 e. The first-order chi connectivity index (χ1) is 11.7. The predicted molar refractivity (Wildman–Crippen MR) is 85.1 cm³/mol. The van der Waals surface area contributed by atoms with Gasteiger partial charge in [-0.15, -0.1) is 0 Å². The Morgan fingerprint density at radius 1 is 1.21 bits per heavy atom. The molecule has 1 aliphatic heterocycles. The van der Waals surface area contributed by atoms with Crippen LogP contribution in [0.15, 0.2) is 48.5 Å². The third kappa shape index (κ3) is 3.52. The zero-order chi connectivity index (χ0) is 16.9. The molecule has 0 bridgehead atoms. The van der Waals surface area contributed by atoms with Crippen molar-refractivity contribution in [3.63, 3.8) is 0 Å². The molecule has 1 N–H and O–H groups in total. The predicted octanol–water partition coefficient (Wildman–Crippen LogP) is 2.39. The third-order valence-electron chi connectivity index (χ3n) is 3.54. The van der Waals surface area contributed by atoms with Crippen LogP contribution in [0.5, 0.6) is 5.75 Å². The van der Waals surface area contributed by atoms with E-state index in [0.717, 1.165) is 5.56 Å². The molecule has 0 aliphatic carbocycles. The number of fused-ring (bicyclic) bond motifs is 1. The summed E-state index contributed by atoms with van der Waals surface area (Å²) < 4.78 is 10.7. The van der Waals surface area contributed by atoms with E-state index in [4.69, 9.17) is 14.7 Å². The first-order valence-corrected chi connectivity index (χ1v) is 7.37. The summed E-state index contributed by atoms with van der Waals surface area (Å²) in [5.74, 6) is -0.370. The first-order valence-electron chi connectivity index (χ1n) is 7.37. The number of hydrogen-bond donors (Lipinski definition) is 1. The van der Waals surface area contributed by atoms with E-state index in [1.165, 1.54) is 0 Å². The van der Waals surface area contributed by atoms with Gasteiger partial charge in [-0.3, -0.25) is 9.59 Å². The monoisotopic (exact) mass is 322 g/mol. The Hall–Kier alpha value is -3.33. The minimum absolute atomic E-state index is 0.0788. The zero-order valence-corrected chi connectivity index (χ0v) is 12.7. The van der Waals surface area contributed by atoms with Crippen molar-refractivity contribution in [2.45, 2.75) is 19.1 Å². The molecule has 0 aromatic heterocycles.